The Morgan fingerprint density at radius 1 is 1.16 bits per heavy atom. The molecule has 1 unspecified atom stereocenters. The van der Waals surface area contributed by atoms with Gasteiger partial charge < -0.3 is 28.9 Å². The predicted octanol–water partition coefficient (Wildman–Crippen LogP) is 5.17. The van der Waals surface area contributed by atoms with Gasteiger partial charge in [0.1, 0.15) is 17.1 Å². The van der Waals surface area contributed by atoms with Crippen LogP contribution in [0.4, 0.5) is 5.13 Å². The number of anilines is 1. The summed E-state index contributed by atoms with van der Waals surface area (Å²) in [6.07, 6.45) is 0. The Balaban J connectivity index is 2.09. The van der Waals surface area contributed by atoms with Crippen LogP contribution in [-0.4, -0.2) is 43.5 Å². The Labute approximate surface area is 189 Å². The number of benzene rings is 2. The van der Waals surface area contributed by atoms with E-state index in [2.05, 4.69) is 10.3 Å². The van der Waals surface area contributed by atoms with Gasteiger partial charge in [0.05, 0.1) is 37.6 Å². The number of thiazole rings is 1. The standard InChI is InChI=1S/C21H25N2O7PS/c1-5-29-31(26,30-6-2)19(13-7-10-17(24)15(11-13)20(25)28-4)23-21-22-16-9-8-14(27-3)12-18(16)32-21/h7-12,19,24H,5-6H2,1-4H3,(H,22,23). The molecule has 0 aliphatic rings. The summed E-state index contributed by atoms with van der Waals surface area (Å²) < 4.78 is 35.8. The average Bonchev–Trinajstić information content (AvgIpc) is 3.19. The van der Waals surface area contributed by atoms with E-state index in [4.69, 9.17) is 18.5 Å². The number of rotatable bonds is 10. The van der Waals surface area contributed by atoms with Gasteiger partial charge in [-0.3, -0.25) is 4.57 Å². The van der Waals surface area contributed by atoms with E-state index in [9.17, 15) is 14.5 Å². The smallest absolute Gasteiger partial charge is 0.357 e. The fourth-order valence-corrected chi connectivity index (χ4v) is 6.01. The predicted molar refractivity (Wildman–Crippen MR) is 123 cm³/mol. The van der Waals surface area contributed by atoms with Crippen molar-refractivity contribution in [1.29, 1.82) is 0 Å². The molecule has 32 heavy (non-hydrogen) atoms. The minimum atomic E-state index is -3.75. The van der Waals surface area contributed by atoms with Gasteiger partial charge in [-0.2, -0.15) is 0 Å². The number of phenols is 1. The Morgan fingerprint density at radius 2 is 1.88 bits per heavy atom. The summed E-state index contributed by atoms with van der Waals surface area (Å²) >= 11 is 1.34. The molecule has 172 valence electrons. The fourth-order valence-electron chi connectivity index (χ4n) is 3.10. The van der Waals surface area contributed by atoms with Gasteiger partial charge >= 0.3 is 13.6 Å². The summed E-state index contributed by atoms with van der Waals surface area (Å²) in [7, 11) is -0.954. The lowest BCUT2D eigenvalue weighted by Gasteiger charge is -2.27. The van der Waals surface area contributed by atoms with Crippen molar-refractivity contribution in [3.05, 3.63) is 47.5 Å². The molecule has 0 bridgehead atoms. The summed E-state index contributed by atoms with van der Waals surface area (Å²) in [6, 6.07) is 9.76. The van der Waals surface area contributed by atoms with Crippen LogP contribution in [0.5, 0.6) is 11.5 Å². The van der Waals surface area contributed by atoms with Gasteiger partial charge in [-0.05, 0) is 49.7 Å². The summed E-state index contributed by atoms with van der Waals surface area (Å²) in [5.41, 5.74) is 1.08. The number of carbonyl (C=O) groups excluding carboxylic acids is 1. The minimum absolute atomic E-state index is 0.0645. The van der Waals surface area contributed by atoms with E-state index < -0.39 is 19.3 Å². The van der Waals surface area contributed by atoms with Gasteiger partial charge in [-0.15, -0.1) is 0 Å². The number of hydrogen-bond acceptors (Lipinski definition) is 10. The van der Waals surface area contributed by atoms with E-state index >= 15 is 0 Å². The number of nitrogens with one attached hydrogen (secondary N) is 1. The van der Waals surface area contributed by atoms with Gasteiger partial charge in [0.25, 0.3) is 0 Å². The summed E-state index contributed by atoms with van der Waals surface area (Å²) in [5.74, 6) is -1.28. The van der Waals surface area contributed by atoms with Crippen LogP contribution in [-0.2, 0) is 18.3 Å². The Bertz CT molecular complexity index is 1140. The van der Waals surface area contributed by atoms with Crippen LogP contribution >= 0.6 is 18.9 Å². The van der Waals surface area contributed by atoms with E-state index in [0.717, 1.165) is 10.2 Å². The minimum Gasteiger partial charge on any atom is -0.507 e. The molecule has 2 aromatic carbocycles. The Kier molecular flexibility index (Phi) is 7.73. The van der Waals surface area contributed by atoms with Crippen molar-refractivity contribution in [2.45, 2.75) is 19.6 Å². The monoisotopic (exact) mass is 480 g/mol. The number of methoxy groups -OCH3 is 2. The zero-order chi connectivity index (χ0) is 23.3. The third-order valence-corrected chi connectivity index (χ3v) is 7.78. The van der Waals surface area contributed by atoms with Crippen molar-refractivity contribution in [3.8, 4) is 11.5 Å². The molecule has 0 radical (unpaired) electrons. The van der Waals surface area contributed by atoms with Crippen LogP contribution in [0.1, 0.15) is 35.6 Å². The van der Waals surface area contributed by atoms with Crippen molar-refractivity contribution in [3.63, 3.8) is 0 Å². The molecular formula is C21H25N2O7PS. The average molecular weight is 480 g/mol. The van der Waals surface area contributed by atoms with E-state index in [-0.39, 0.29) is 24.5 Å². The lowest BCUT2D eigenvalue weighted by Crippen LogP contribution is -2.16. The molecule has 0 aliphatic carbocycles. The van der Waals surface area contributed by atoms with E-state index in [1.54, 1.807) is 33.1 Å². The molecule has 0 fully saturated rings. The lowest BCUT2D eigenvalue weighted by atomic mass is 10.1. The van der Waals surface area contributed by atoms with Crippen molar-refractivity contribution < 1.29 is 33.0 Å². The van der Waals surface area contributed by atoms with Crippen molar-refractivity contribution in [2.24, 2.45) is 0 Å². The number of hydrogen-bond donors (Lipinski definition) is 2. The molecule has 1 atom stereocenters. The van der Waals surface area contributed by atoms with Gasteiger partial charge in [0.15, 0.2) is 10.9 Å². The molecule has 2 N–H and O–H groups in total. The third kappa shape index (κ3) is 5.05. The van der Waals surface area contributed by atoms with Gasteiger partial charge in [-0.25, -0.2) is 9.78 Å². The van der Waals surface area contributed by atoms with Crippen LogP contribution in [0, 0.1) is 0 Å². The number of phenolic OH excluding ortho intramolecular Hbond substituents is 1. The van der Waals surface area contributed by atoms with Crippen LogP contribution < -0.4 is 10.1 Å². The third-order valence-electron chi connectivity index (χ3n) is 4.53. The summed E-state index contributed by atoms with van der Waals surface area (Å²) in [6.45, 7) is 3.72. The number of carbonyl (C=O) groups is 1. The second-order valence-corrected chi connectivity index (χ2v) is 9.69. The van der Waals surface area contributed by atoms with Crippen molar-refractivity contribution in [1.82, 2.24) is 4.98 Å². The zero-order valence-corrected chi connectivity index (χ0v) is 19.9. The van der Waals surface area contributed by atoms with E-state index in [1.807, 2.05) is 12.1 Å². The molecule has 0 aliphatic heterocycles. The maximum absolute atomic E-state index is 13.7. The van der Waals surface area contributed by atoms with Crippen LogP contribution in [0.15, 0.2) is 36.4 Å². The fraction of sp³-hybridized carbons (Fsp3) is 0.333. The first-order chi connectivity index (χ1) is 15.3. The van der Waals surface area contributed by atoms with Crippen LogP contribution in [0.2, 0.25) is 0 Å². The highest BCUT2D eigenvalue weighted by Crippen LogP contribution is 2.61. The van der Waals surface area contributed by atoms with E-state index in [1.165, 1.54) is 30.6 Å². The molecule has 0 saturated carbocycles. The molecule has 0 spiro atoms. The second kappa shape index (κ2) is 10.3. The highest BCUT2D eigenvalue weighted by molar-refractivity contribution is 7.54. The van der Waals surface area contributed by atoms with E-state index in [0.29, 0.717) is 16.4 Å². The topological polar surface area (TPSA) is 116 Å². The number of fused-ring (bicyclic) bond motifs is 1. The highest BCUT2D eigenvalue weighted by Gasteiger charge is 2.38. The van der Waals surface area contributed by atoms with Crippen LogP contribution in [0.3, 0.4) is 0 Å². The van der Waals surface area contributed by atoms with Crippen molar-refractivity contribution >= 4 is 40.3 Å². The quantitative estimate of drug-likeness (QED) is 0.299. The molecule has 3 aromatic rings. The second-order valence-electron chi connectivity index (χ2n) is 6.54. The van der Waals surface area contributed by atoms with Crippen molar-refractivity contribution in [2.75, 3.05) is 32.8 Å². The highest BCUT2D eigenvalue weighted by atomic mass is 32.1. The van der Waals surface area contributed by atoms with Gasteiger partial charge in [0.2, 0.25) is 0 Å². The number of aromatic hydroxyl groups is 1. The maximum atomic E-state index is 13.7. The SMILES string of the molecule is CCOP(=O)(OCC)C(Nc1nc2ccc(OC)cc2s1)c1ccc(O)c(C(=O)OC)c1. The molecule has 1 heterocycles. The summed E-state index contributed by atoms with van der Waals surface area (Å²) in [5, 5.41) is 13.7. The molecule has 9 nitrogen and oxygen atoms in total. The molecule has 3 rings (SSSR count). The molecule has 0 amide bonds. The first-order valence-electron chi connectivity index (χ1n) is 9.86. The number of aromatic nitrogens is 1. The molecule has 1 aromatic heterocycles. The molecular weight excluding hydrogens is 455 g/mol. The largest absolute Gasteiger partial charge is 0.507 e. The van der Waals surface area contributed by atoms with Crippen LogP contribution in [0.25, 0.3) is 10.2 Å². The normalized spacial score (nSPS) is 12.5. The first kappa shape index (κ1) is 24.0. The summed E-state index contributed by atoms with van der Waals surface area (Å²) in [4.78, 5) is 16.6. The van der Waals surface area contributed by atoms with Gasteiger partial charge in [0, 0.05) is 0 Å². The molecule has 0 saturated heterocycles. The molecule has 11 heteroatoms. The number of nitrogens with zero attached hydrogens (tertiary/aromatic N) is 1. The zero-order valence-electron chi connectivity index (χ0n) is 18.2. The first-order valence-corrected chi connectivity index (χ1v) is 12.3. The maximum Gasteiger partial charge on any atom is 0.357 e. The Hall–Kier alpha value is -2.65. The number of esters is 1. The lowest BCUT2D eigenvalue weighted by molar-refractivity contribution is 0.0597. The number of ether oxygens (including phenoxy) is 2. The van der Waals surface area contributed by atoms with Gasteiger partial charge in [-0.1, -0.05) is 17.4 Å². The Morgan fingerprint density at radius 3 is 2.50 bits per heavy atom.